The van der Waals surface area contributed by atoms with Crippen LogP contribution in [-0.4, -0.2) is 26.1 Å². The first-order valence-corrected chi connectivity index (χ1v) is 6.83. The molecule has 1 aromatic heterocycles. The van der Waals surface area contributed by atoms with Crippen LogP contribution in [0.1, 0.15) is 28.7 Å². The van der Waals surface area contributed by atoms with E-state index in [0.29, 0.717) is 18.7 Å². The molecule has 106 valence electrons. The lowest BCUT2D eigenvalue weighted by Gasteiger charge is -2.08. The van der Waals surface area contributed by atoms with Crippen LogP contribution < -0.4 is 0 Å². The Labute approximate surface area is 121 Å². The van der Waals surface area contributed by atoms with Crippen molar-refractivity contribution in [3.05, 3.63) is 59.4 Å². The van der Waals surface area contributed by atoms with Gasteiger partial charge in [0.1, 0.15) is 0 Å². The largest absolute Gasteiger partial charge is 0.476 e. The summed E-state index contributed by atoms with van der Waals surface area (Å²) in [5.41, 5.74) is 1.79. The van der Waals surface area contributed by atoms with Gasteiger partial charge in [0.25, 0.3) is 0 Å². The van der Waals surface area contributed by atoms with E-state index in [1.807, 2.05) is 31.2 Å². The van der Waals surface area contributed by atoms with E-state index in [0.717, 1.165) is 16.3 Å². The van der Waals surface area contributed by atoms with Crippen molar-refractivity contribution in [1.29, 1.82) is 0 Å². The minimum atomic E-state index is -1.03. The van der Waals surface area contributed by atoms with Crippen LogP contribution in [0, 0.1) is 0 Å². The van der Waals surface area contributed by atoms with E-state index in [1.54, 1.807) is 4.68 Å². The minimum absolute atomic E-state index is 0.0396. The van der Waals surface area contributed by atoms with Gasteiger partial charge in [-0.05, 0) is 22.8 Å². The third kappa shape index (κ3) is 2.38. The molecular weight excluding hydrogens is 266 g/mol. The van der Waals surface area contributed by atoms with Crippen LogP contribution in [-0.2, 0) is 13.0 Å². The molecule has 3 aromatic rings. The van der Waals surface area contributed by atoms with Crippen molar-refractivity contribution in [2.24, 2.45) is 0 Å². The molecule has 1 N–H and O–H groups in total. The van der Waals surface area contributed by atoms with Crippen LogP contribution in [0.5, 0.6) is 0 Å². The zero-order valence-corrected chi connectivity index (χ0v) is 11.7. The predicted octanol–water partition coefficient (Wildman–Crippen LogP) is 2.74. The molecule has 0 spiro atoms. The van der Waals surface area contributed by atoms with E-state index in [4.69, 9.17) is 5.11 Å². The van der Waals surface area contributed by atoms with Gasteiger partial charge in [-0.2, -0.15) is 0 Å². The maximum absolute atomic E-state index is 11.1. The molecule has 0 fully saturated rings. The highest BCUT2D eigenvalue weighted by atomic mass is 16.4. The highest BCUT2D eigenvalue weighted by Crippen LogP contribution is 2.20. The number of carboxylic acids is 1. The SMILES string of the molecule is CCc1c(C(=O)O)nnn1Cc1cccc2ccccc12. The number of hydrogen-bond donors (Lipinski definition) is 1. The second-order valence-corrected chi connectivity index (χ2v) is 4.84. The summed E-state index contributed by atoms with van der Waals surface area (Å²) in [5.74, 6) is -1.03. The standard InChI is InChI=1S/C16H15N3O2/c1-2-14-15(16(20)21)17-18-19(14)10-12-8-5-7-11-6-3-4-9-13(11)12/h3-9H,2,10H2,1H3,(H,20,21). The summed E-state index contributed by atoms with van der Waals surface area (Å²) in [4.78, 5) is 11.1. The number of aromatic carboxylic acids is 1. The van der Waals surface area contributed by atoms with E-state index in [2.05, 4.69) is 28.5 Å². The zero-order chi connectivity index (χ0) is 14.8. The summed E-state index contributed by atoms with van der Waals surface area (Å²) in [6.45, 7) is 2.43. The summed E-state index contributed by atoms with van der Waals surface area (Å²) in [5, 5.41) is 19.2. The van der Waals surface area contributed by atoms with E-state index < -0.39 is 5.97 Å². The Balaban J connectivity index is 2.05. The van der Waals surface area contributed by atoms with Gasteiger partial charge in [-0.1, -0.05) is 54.6 Å². The lowest BCUT2D eigenvalue weighted by molar-refractivity contribution is 0.0689. The quantitative estimate of drug-likeness (QED) is 0.798. The molecule has 0 amide bonds. The van der Waals surface area contributed by atoms with E-state index >= 15 is 0 Å². The summed E-state index contributed by atoms with van der Waals surface area (Å²) >= 11 is 0. The summed E-state index contributed by atoms with van der Waals surface area (Å²) < 4.78 is 1.67. The van der Waals surface area contributed by atoms with Crippen molar-refractivity contribution >= 4 is 16.7 Å². The van der Waals surface area contributed by atoms with Crippen LogP contribution in [0.4, 0.5) is 0 Å². The lowest BCUT2D eigenvalue weighted by atomic mass is 10.0. The average molecular weight is 281 g/mol. The average Bonchev–Trinajstić information content (AvgIpc) is 2.90. The van der Waals surface area contributed by atoms with Crippen molar-refractivity contribution in [2.45, 2.75) is 19.9 Å². The van der Waals surface area contributed by atoms with Gasteiger partial charge in [0.15, 0.2) is 5.69 Å². The molecule has 2 aromatic carbocycles. The van der Waals surface area contributed by atoms with Crippen molar-refractivity contribution in [3.63, 3.8) is 0 Å². The minimum Gasteiger partial charge on any atom is -0.476 e. The number of hydrogen-bond acceptors (Lipinski definition) is 3. The van der Waals surface area contributed by atoms with Crippen molar-refractivity contribution in [1.82, 2.24) is 15.0 Å². The first-order chi connectivity index (χ1) is 10.2. The number of carboxylic acid groups (broad SMARTS) is 1. The van der Waals surface area contributed by atoms with Crippen LogP contribution in [0.3, 0.4) is 0 Å². The van der Waals surface area contributed by atoms with E-state index in [1.165, 1.54) is 0 Å². The fourth-order valence-electron chi connectivity index (χ4n) is 2.57. The number of nitrogens with zero attached hydrogens (tertiary/aromatic N) is 3. The first kappa shape index (κ1) is 13.3. The van der Waals surface area contributed by atoms with Gasteiger partial charge < -0.3 is 5.11 Å². The van der Waals surface area contributed by atoms with Gasteiger partial charge in [0.2, 0.25) is 0 Å². The topological polar surface area (TPSA) is 68.0 Å². The van der Waals surface area contributed by atoms with Gasteiger partial charge in [-0.3, -0.25) is 0 Å². The maximum atomic E-state index is 11.1. The molecular formula is C16H15N3O2. The molecule has 0 radical (unpaired) electrons. The number of rotatable bonds is 4. The van der Waals surface area contributed by atoms with Crippen LogP contribution >= 0.6 is 0 Å². The number of benzene rings is 2. The number of aromatic nitrogens is 3. The lowest BCUT2D eigenvalue weighted by Crippen LogP contribution is -2.08. The highest BCUT2D eigenvalue weighted by molar-refractivity contribution is 5.87. The molecule has 5 heteroatoms. The van der Waals surface area contributed by atoms with Gasteiger partial charge in [0, 0.05) is 0 Å². The van der Waals surface area contributed by atoms with Crippen molar-refractivity contribution in [2.75, 3.05) is 0 Å². The van der Waals surface area contributed by atoms with Crippen molar-refractivity contribution < 1.29 is 9.90 Å². The zero-order valence-electron chi connectivity index (χ0n) is 11.7. The van der Waals surface area contributed by atoms with Gasteiger partial charge in [0.05, 0.1) is 12.2 Å². The highest BCUT2D eigenvalue weighted by Gasteiger charge is 2.17. The van der Waals surface area contributed by atoms with Crippen LogP contribution in [0.15, 0.2) is 42.5 Å². The summed E-state index contributed by atoms with van der Waals surface area (Å²) in [6.07, 6.45) is 0.583. The molecule has 0 aliphatic rings. The molecule has 1 heterocycles. The Morgan fingerprint density at radius 3 is 2.71 bits per heavy atom. The van der Waals surface area contributed by atoms with Gasteiger partial charge in [-0.25, -0.2) is 9.48 Å². The molecule has 3 rings (SSSR count). The van der Waals surface area contributed by atoms with E-state index in [9.17, 15) is 4.79 Å². The molecule has 0 saturated heterocycles. The Bertz CT molecular complexity index is 803. The van der Waals surface area contributed by atoms with Crippen LogP contribution in [0.25, 0.3) is 10.8 Å². The molecule has 0 saturated carbocycles. The monoisotopic (exact) mass is 281 g/mol. The smallest absolute Gasteiger partial charge is 0.358 e. The number of fused-ring (bicyclic) bond motifs is 1. The van der Waals surface area contributed by atoms with E-state index in [-0.39, 0.29) is 5.69 Å². The van der Waals surface area contributed by atoms with Crippen LogP contribution in [0.2, 0.25) is 0 Å². The second kappa shape index (κ2) is 5.36. The Hall–Kier alpha value is -2.69. The predicted molar refractivity (Wildman–Crippen MR) is 79.4 cm³/mol. The molecule has 0 aliphatic heterocycles. The van der Waals surface area contributed by atoms with Crippen molar-refractivity contribution in [3.8, 4) is 0 Å². The molecule has 0 aliphatic carbocycles. The summed E-state index contributed by atoms with van der Waals surface area (Å²) in [6, 6.07) is 14.2. The molecule has 0 bridgehead atoms. The fraction of sp³-hybridized carbons (Fsp3) is 0.188. The second-order valence-electron chi connectivity index (χ2n) is 4.84. The summed E-state index contributed by atoms with van der Waals surface area (Å²) in [7, 11) is 0. The van der Waals surface area contributed by atoms with Gasteiger partial charge >= 0.3 is 5.97 Å². The molecule has 5 nitrogen and oxygen atoms in total. The third-order valence-electron chi connectivity index (χ3n) is 3.58. The van der Waals surface area contributed by atoms with Gasteiger partial charge in [-0.15, -0.1) is 5.10 Å². The maximum Gasteiger partial charge on any atom is 0.358 e. The Morgan fingerprint density at radius 2 is 1.95 bits per heavy atom. The third-order valence-corrected chi connectivity index (χ3v) is 3.58. The Kier molecular flexibility index (Phi) is 3.39. The normalized spacial score (nSPS) is 10.9. The Morgan fingerprint density at radius 1 is 1.19 bits per heavy atom. The molecule has 21 heavy (non-hydrogen) atoms. The molecule has 0 atom stereocenters. The first-order valence-electron chi connectivity index (χ1n) is 6.83. The number of carbonyl (C=O) groups is 1. The fourth-order valence-corrected chi connectivity index (χ4v) is 2.57. The molecule has 0 unspecified atom stereocenters.